The Hall–Kier alpha value is -2.34. The van der Waals surface area contributed by atoms with E-state index in [1.807, 2.05) is 31.2 Å². The molecule has 0 saturated heterocycles. The lowest BCUT2D eigenvalue weighted by atomic mass is 10.1. The fourth-order valence-corrected chi connectivity index (χ4v) is 4.71. The Morgan fingerprint density at radius 2 is 1.86 bits per heavy atom. The number of rotatable bonds is 7. The van der Waals surface area contributed by atoms with Gasteiger partial charge in [0.2, 0.25) is 5.91 Å². The second kappa shape index (κ2) is 9.73. The van der Waals surface area contributed by atoms with Crippen LogP contribution >= 0.6 is 11.3 Å². The summed E-state index contributed by atoms with van der Waals surface area (Å²) in [4.78, 5) is 26.5. The highest BCUT2D eigenvalue weighted by atomic mass is 32.1. The number of thiophene rings is 1. The molecule has 1 N–H and O–H groups in total. The van der Waals surface area contributed by atoms with Crippen molar-refractivity contribution in [1.82, 2.24) is 0 Å². The van der Waals surface area contributed by atoms with E-state index in [4.69, 9.17) is 9.47 Å². The number of fused-ring (bicyclic) bond motifs is 1. The summed E-state index contributed by atoms with van der Waals surface area (Å²) in [6, 6.07) is 7.42. The Labute approximate surface area is 170 Å². The molecule has 1 heterocycles. The van der Waals surface area contributed by atoms with Gasteiger partial charge in [-0.3, -0.25) is 4.79 Å². The SMILES string of the molecule is CCCOC(=O)c1c(NC(=O)Cc2ccc(OC)cc2)sc2c1CCCCC2. The van der Waals surface area contributed by atoms with Crippen LogP contribution in [0.3, 0.4) is 0 Å². The van der Waals surface area contributed by atoms with E-state index in [9.17, 15) is 9.59 Å². The first-order chi connectivity index (χ1) is 13.6. The first kappa shape index (κ1) is 20.4. The standard InChI is InChI=1S/C22H27NO4S/c1-3-13-27-22(25)20-17-7-5-4-6-8-18(17)28-21(20)23-19(24)14-15-9-11-16(26-2)12-10-15/h9-12H,3-8,13-14H2,1-2H3,(H,23,24). The third-order valence-electron chi connectivity index (χ3n) is 4.84. The van der Waals surface area contributed by atoms with Gasteiger partial charge in [0.15, 0.2) is 0 Å². The molecule has 2 aromatic rings. The zero-order valence-electron chi connectivity index (χ0n) is 16.5. The van der Waals surface area contributed by atoms with Gasteiger partial charge in [-0.15, -0.1) is 11.3 Å². The summed E-state index contributed by atoms with van der Waals surface area (Å²) in [5.41, 5.74) is 2.54. The van der Waals surface area contributed by atoms with Crippen LogP contribution < -0.4 is 10.1 Å². The molecular weight excluding hydrogens is 374 g/mol. The number of nitrogens with one attached hydrogen (secondary N) is 1. The van der Waals surface area contributed by atoms with E-state index in [-0.39, 0.29) is 18.3 Å². The van der Waals surface area contributed by atoms with Crippen molar-refractivity contribution in [1.29, 1.82) is 0 Å². The molecule has 1 aromatic carbocycles. The molecule has 0 unspecified atom stereocenters. The zero-order valence-corrected chi connectivity index (χ0v) is 17.3. The third-order valence-corrected chi connectivity index (χ3v) is 6.05. The fourth-order valence-electron chi connectivity index (χ4n) is 3.41. The highest BCUT2D eigenvalue weighted by molar-refractivity contribution is 7.17. The fraction of sp³-hybridized carbons (Fsp3) is 0.455. The Morgan fingerprint density at radius 1 is 1.11 bits per heavy atom. The average Bonchev–Trinajstić information content (AvgIpc) is 2.87. The number of anilines is 1. The highest BCUT2D eigenvalue weighted by Gasteiger charge is 2.26. The summed E-state index contributed by atoms with van der Waals surface area (Å²) in [6.07, 6.45) is 6.21. The number of esters is 1. The molecular formula is C22H27NO4S. The van der Waals surface area contributed by atoms with Gasteiger partial charge < -0.3 is 14.8 Å². The molecule has 0 aliphatic heterocycles. The summed E-state index contributed by atoms with van der Waals surface area (Å²) < 4.78 is 10.6. The minimum Gasteiger partial charge on any atom is -0.497 e. The molecule has 3 rings (SSSR count). The van der Waals surface area contributed by atoms with Crippen LogP contribution in [0, 0.1) is 0 Å². The van der Waals surface area contributed by atoms with E-state index in [1.54, 1.807) is 7.11 Å². The number of methoxy groups -OCH3 is 1. The Kier molecular flexibility index (Phi) is 7.09. The monoisotopic (exact) mass is 401 g/mol. The highest BCUT2D eigenvalue weighted by Crippen LogP contribution is 2.38. The molecule has 6 heteroatoms. The molecule has 0 atom stereocenters. The van der Waals surface area contributed by atoms with Crippen LogP contribution in [-0.4, -0.2) is 25.6 Å². The maximum absolute atomic E-state index is 12.7. The lowest BCUT2D eigenvalue weighted by molar-refractivity contribution is -0.115. The molecule has 1 amide bonds. The van der Waals surface area contributed by atoms with Gasteiger partial charge in [0.25, 0.3) is 0 Å². The molecule has 0 fully saturated rings. The molecule has 28 heavy (non-hydrogen) atoms. The van der Waals surface area contributed by atoms with Crippen LogP contribution in [0.15, 0.2) is 24.3 Å². The van der Waals surface area contributed by atoms with E-state index in [1.165, 1.54) is 22.6 Å². The summed E-state index contributed by atoms with van der Waals surface area (Å²) in [5, 5.41) is 3.60. The van der Waals surface area contributed by atoms with Gasteiger partial charge in [0.1, 0.15) is 10.8 Å². The number of hydrogen-bond donors (Lipinski definition) is 1. The van der Waals surface area contributed by atoms with E-state index < -0.39 is 0 Å². The van der Waals surface area contributed by atoms with Crippen LogP contribution in [-0.2, 0) is 28.8 Å². The number of benzene rings is 1. The van der Waals surface area contributed by atoms with Gasteiger partial charge in [0, 0.05) is 4.88 Å². The topological polar surface area (TPSA) is 64.6 Å². The average molecular weight is 402 g/mol. The van der Waals surface area contributed by atoms with Crippen molar-refractivity contribution in [2.24, 2.45) is 0 Å². The number of carbonyl (C=O) groups excluding carboxylic acids is 2. The van der Waals surface area contributed by atoms with Crippen molar-refractivity contribution >= 4 is 28.2 Å². The van der Waals surface area contributed by atoms with Gasteiger partial charge in [-0.25, -0.2) is 4.79 Å². The number of hydrogen-bond acceptors (Lipinski definition) is 5. The van der Waals surface area contributed by atoms with Crippen LogP contribution in [0.2, 0.25) is 0 Å². The van der Waals surface area contributed by atoms with Crippen LogP contribution in [0.25, 0.3) is 0 Å². The normalized spacial score (nSPS) is 13.4. The van der Waals surface area contributed by atoms with E-state index in [2.05, 4.69) is 5.32 Å². The van der Waals surface area contributed by atoms with Crippen molar-refractivity contribution in [3.8, 4) is 5.75 Å². The van der Waals surface area contributed by atoms with Gasteiger partial charge in [-0.1, -0.05) is 25.5 Å². The van der Waals surface area contributed by atoms with Gasteiger partial charge >= 0.3 is 5.97 Å². The van der Waals surface area contributed by atoms with E-state index in [0.29, 0.717) is 17.2 Å². The van der Waals surface area contributed by atoms with Crippen LogP contribution in [0.5, 0.6) is 5.75 Å². The smallest absolute Gasteiger partial charge is 0.341 e. The lowest BCUT2D eigenvalue weighted by Gasteiger charge is -2.09. The summed E-state index contributed by atoms with van der Waals surface area (Å²) in [6.45, 7) is 2.36. The van der Waals surface area contributed by atoms with Crippen LogP contribution in [0.1, 0.15) is 59.0 Å². The second-order valence-electron chi connectivity index (χ2n) is 6.98. The summed E-state index contributed by atoms with van der Waals surface area (Å²) >= 11 is 1.53. The minimum absolute atomic E-state index is 0.133. The first-order valence-corrected chi connectivity index (χ1v) is 10.7. The molecule has 1 aliphatic rings. The molecule has 1 aromatic heterocycles. The lowest BCUT2D eigenvalue weighted by Crippen LogP contribution is -2.17. The predicted octanol–water partition coefficient (Wildman–Crippen LogP) is 4.77. The number of ether oxygens (including phenoxy) is 2. The third kappa shape index (κ3) is 4.93. The predicted molar refractivity (Wildman–Crippen MR) is 111 cm³/mol. The van der Waals surface area contributed by atoms with E-state index in [0.717, 1.165) is 49.0 Å². The molecule has 150 valence electrons. The number of amides is 1. The summed E-state index contributed by atoms with van der Waals surface area (Å²) in [7, 11) is 1.61. The van der Waals surface area contributed by atoms with Crippen LogP contribution in [0.4, 0.5) is 5.00 Å². The molecule has 0 bridgehead atoms. The summed E-state index contributed by atoms with van der Waals surface area (Å²) in [5.74, 6) is 0.305. The number of carbonyl (C=O) groups is 2. The van der Waals surface area contributed by atoms with Gasteiger partial charge in [-0.05, 0) is 55.4 Å². The van der Waals surface area contributed by atoms with Crippen molar-refractivity contribution < 1.29 is 19.1 Å². The van der Waals surface area contributed by atoms with E-state index >= 15 is 0 Å². The Morgan fingerprint density at radius 3 is 2.57 bits per heavy atom. The van der Waals surface area contributed by atoms with Crippen molar-refractivity contribution in [3.63, 3.8) is 0 Å². The first-order valence-electron chi connectivity index (χ1n) is 9.86. The second-order valence-corrected chi connectivity index (χ2v) is 8.08. The van der Waals surface area contributed by atoms with Crippen molar-refractivity contribution in [2.75, 3.05) is 19.0 Å². The molecule has 0 radical (unpaired) electrons. The maximum atomic E-state index is 12.7. The molecule has 0 spiro atoms. The maximum Gasteiger partial charge on any atom is 0.341 e. The molecule has 5 nitrogen and oxygen atoms in total. The zero-order chi connectivity index (χ0) is 19.9. The molecule has 1 aliphatic carbocycles. The van der Waals surface area contributed by atoms with Gasteiger partial charge in [-0.2, -0.15) is 0 Å². The quantitative estimate of drug-likeness (QED) is 0.536. The largest absolute Gasteiger partial charge is 0.497 e. The van der Waals surface area contributed by atoms with Crippen molar-refractivity contribution in [3.05, 3.63) is 45.8 Å². The Balaban J connectivity index is 1.79. The Bertz CT molecular complexity index is 826. The molecule has 0 saturated carbocycles. The number of aryl methyl sites for hydroxylation is 1. The van der Waals surface area contributed by atoms with Crippen molar-refractivity contribution in [2.45, 2.75) is 51.9 Å². The minimum atomic E-state index is -0.319. The van der Waals surface area contributed by atoms with Gasteiger partial charge in [0.05, 0.1) is 25.7 Å².